The van der Waals surface area contributed by atoms with Gasteiger partial charge in [-0.15, -0.1) is 0 Å². The lowest BCUT2D eigenvalue weighted by molar-refractivity contribution is 0.0838. The summed E-state index contributed by atoms with van der Waals surface area (Å²) in [6.45, 7) is 3.55. The molecular weight excluding hydrogens is 360 g/mol. The summed E-state index contributed by atoms with van der Waals surface area (Å²) < 4.78 is 33.4. The largest absolute Gasteiger partial charge is 0.376 e. The molecule has 0 bridgehead atoms. The van der Waals surface area contributed by atoms with E-state index in [0.29, 0.717) is 16.5 Å². The van der Waals surface area contributed by atoms with Crippen LogP contribution in [0.1, 0.15) is 35.8 Å². The number of methoxy groups -OCH3 is 1. The second-order valence-electron chi connectivity index (χ2n) is 6.33. The number of ether oxygens (including phenoxy) is 1. The standard InChI is InChI=1S/C18H21ClN2O3S/c1-11-15(19)5-4-6-16(11)25(22,23)21-17-10-9-14(12(2)20-17)18(24-3)13-7-8-13/h4-6,9-10,13,18H,7-8H2,1-3H3,(H,20,21). The first kappa shape index (κ1) is 18.2. The van der Waals surface area contributed by atoms with Gasteiger partial charge in [0.15, 0.2) is 0 Å². The number of hydrogen-bond donors (Lipinski definition) is 1. The van der Waals surface area contributed by atoms with Gasteiger partial charge in [-0.2, -0.15) is 0 Å². The van der Waals surface area contributed by atoms with Crippen LogP contribution in [0.4, 0.5) is 5.82 Å². The lowest BCUT2D eigenvalue weighted by Crippen LogP contribution is -2.16. The van der Waals surface area contributed by atoms with Gasteiger partial charge in [0.05, 0.1) is 11.0 Å². The number of halogens is 1. The van der Waals surface area contributed by atoms with Crippen molar-refractivity contribution in [2.24, 2.45) is 5.92 Å². The van der Waals surface area contributed by atoms with E-state index in [1.165, 1.54) is 6.07 Å². The van der Waals surface area contributed by atoms with E-state index in [-0.39, 0.29) is 16.8 Å². The number of aromatic nitrogens is 1. The van der Waals surface area contributed by atoms with Crippen LogP contribution in [0, 0.1) is 19.8 Å². The lowest BCUT2D eigenvalue weighted by Gasteiger charge is -2.18. The number of aryl methyl sites for hydroxylation is 1. The topological polar surface area (TPSA) is 68.3 Å². The third-order valence-corrected chi connectivity index (χ3v) is 6.39. The highest BCUT2D eigenvalue weighted by atomic mass is 35.5. The van der Waals surface area contributed by atoms with Crippen molar-refractivity contribution in [2.45, 2.75) is 37.7 Å². The lowest BCUT2D eigenvalue weighted by atomic mass is 10.0. The average molecular weight is 381 g/mol. The van der Waals surface area contributed by atoms with Crippen molar-refractivity contribution in [2.75, 3.05) is 11.8 Å². The SMILES string of the molecule is COC(c1ccc(NS(=O)(=O)c2cccc(Cl)c2C)nc1C)C1CC1. The molecule has 3 rings (SSSR count). The van der Waals surface area contributed by atoms with Gasteiger partial charge in [0, 0.05) is 23.4 Å². The molecule has 134 valence electrons. The molecule has 1 aliphatic rings. The maximum atomic E-state index is 12.6. The van der Waals surface area contributed by atoms with Crippen LogP contribution in [0.5, 0.6) is 0 Å². The molecule has 0 radical (unpaired) electrons. The van der Waals surface area contributed by atoms with Gasteiger partial charge in [-0.3, -0.25) is 4.72 Å². The Bertz CT molecular complexity index is 895. The van der Waals surface area contributed by atoms with Gasteiger partial charge in [0.1, 0.15) is 5.82 Å². The Labute approximate surface area is 153 Å². The Morgan fingerprint density at radius 3 is 2.56 bits per heavy atom. The van der Waals surface area contributed by atoms with Crippen LogP contribution in [0.3, 0.4) is 0 Å². The predicted molar refractivity (Wildman–Crippen MR) is 98.4 cm³/mol. The molecule has 1 aliphatic carbocycles. The first-order chi connectivity index (χ1) is 11.8. The predicted octanol–water partition coefficient (Wildman–Crippen LogP) is 4.25. The van der Waals surface area contributed by atoms with E-state index in [4.69, 9.17) is 16.3 Å². The van der Waals surface area contributed by atoms with Crippen molar-refractivity contribution < 1.29 is 13.2 Å². The Balaban J connectivity index is 1.87. The molecule has 0 amide bonds. The maximum Gasteiger partial charge on any atom is 0.263 e. The molecule has 0 spiro atoms. The average Bonchev–Trinajstić information content (AvgIpc) is 3.37. The summed E-state index contributed by atoms with van der Waals surface area (Å²) in [7, 11) is -2.06. The maximum absolute atomic E-state index is 12.6. The van der Waals surface area contributed by atoms with Gasteiger partial charge >= 0.3 is 0 Å². The highest BCUT2D eigenvalue weighted by Crippen LogP contribution is 2.43. The first-order valence-corrected chi connectivity index (χ1v) is 9.98. The Morgan fingerprint density at radius 1 is 1.24 bits per heavy atom. The van der Waals surface area contributed by atoms with Gasteiger partial charge in [0.25, 0.3) is 10.0 Å². The molecule has 1 aromatic carbocycles. The number of anilines is 1. The van der Waals surface area contributed by atoms with E-state index in [0.717, 1.165) is 24.1 Å². The monoisotopic (exact) mass is 380 g/mol. The van der Waals surface area contributed by atoms with Crippen LogP contribution in [0.25, 0.3) is 0 Å². The van der Waals surface area contributed by atoms with Crippen LogP contribution < -0.4 is 4.72 Å². The zero-order valence-corrected chi connectivity index (χ0v) is 16.0. The van der Waals surface area contributed by atoms with Gasteiger partial charge in [-0.1, -0.05) is 23.7 Å². The van der Waals surface area contributed by atoms with Crippen LogP contribution in [0.15, 0.2) is 35.2 Å². The summed E-state index contributed by atoms with van der Waals surface area (Å²) in [5.41, 5.74) is 2.28. The molecule has 1 heterocycles. The van der Waals surface area contributed by atoms with Crippen LogP contribution >= 0.6 is 11.6 Å². The number of nitrogens with one attached hydrogen (secondary N) is 1. The number of sulfonamides is 1. The van der Waals surface area contributed by atoms with Crippen LogP contribution in [-0.2, 0) is 14.8 Å². The van der Waals surface area contributed by atoms with Crippen molar-refractivity contribution in [3.05, 3.63) is 52.2 Å². The molecule has 1 aromatic heterocycles. The number of rotatable bonds is 6. The highest BCUT2D eigenvalue weighted by molar-refractivity contribution is 7.92. The van der Waals surface area contributed by atoms with Crippen molar-refractivity contribution in [1.29, 1.82) is 0 Å². The van der Waals surface area contributed by atoms with Crippen molar-refractivity contribution in [3.8, 4) is 0 Å². The normalized spacial score (nSPS) is 15.8. The third kappa shape index (κ3) is 3.81. The Morgan fingerprint density at radius 2 is 1.96 bits per heavy atom. The first-order valence-electron chi connectivity index (χ1n) is 8.11. The minimum absolute atomic E-state index is 0.0216. The van der Waals surface area contributed by atoms with E-state index in [2.05, 4.69) is 9.71 Å². The van der Waals surface area contributed by atoms with E-state index >= 15 is 0 Å². The van der Waals surface area contributed by atoms with E-state index in [9.17, 15) is 8.42 Å². The summed E-state index contributed by atoms with van der Waals surface area (Å²) in [6.07, 6.45) is 2.33. The van der Waals surface area contributed by atoms with Crippen LogP contribution in [0.2, 0.25) is 5.02 Å². The fraction of sp³-hybridized carbons (Fsp3) is 0.389. The van der Waals surface area contributed by atoms with Gasteiger partial charge in [0.2, 0.25) is 0 Å². The molecule has 1 atom stereocenters. The molecule has 2 aromatic rings. The fourth-order valence-corrected chi connectivity index (χ4v) is 4.47. The summed E-state index contributed by atoms with van der Waals surface area (Å²) in [4.78, 5) is 4.56. The number of hydrogen-bond acceptors (Lipinski definition) is 4. The number of pyridine rings is 1. The summed E-state index contributed by atoms with van der Waals surface area (Å²) in [5, 5.41) is 0.412. The molecule has 0 saturated heterocycles. The van der Waals surface area contributed by atoms with Gasteiger partial charge < -0.3 is 4.74 Å². The van der Waals surface area contributed by atoms with Gasteiger partial charge in [-0.05, 0) is 56.4 Å². The van der Waals surface area contributed by atoms with Crippen molar-refractivity contribution in [1.82, 2.24) is 4.98 Å². The molecule has 25 heavy (non-hydrogen) atoms. The molecule has 1 saturated carbocycles. The number of benzene rings is 1. The quantitative estimate of drug-likeness (QED) is 0.813. The third-order valence-electron chi connectivity index (χ3n) is 4.48. The molecule has 1 unspecified atom stereocenters. The Hall–Kier alpha value is -1.63. The second-order valence-corrected chi connectivity index (χ2v) is 8.39. The van der Waals surface area contributed by atoms with Crippen LogP contribution in [-0.4, -0.2) is 20.5 Å². The van der Waals surface area contributed by atoms with Crippen molar-refractivity contribution >= 4 is 27.4 Å². The summed E-state index contributed by atoms with van der Waals surface area (Å²) in [6, 6.07) is 8.37. The van der Waals surface area contributed by atoms with E-state index < -0.39 is 10.0 Å². The Kier molecular flexibility index (Phi) is 5.04. The summed E-state index contributed by atoms with van der Waals surface area (Å²) >= 11 is 6.03. The van der Waals surface area contributed by atoms with Gasteiger partial charge in [-0.25, -0.2) is 13.4 Å². The second kappa shape index (κ2) is 6.94. The molecule has 1 fully saturated rings. The zero-order valence-electron chi connectivity index (χ0n) is 14.4. The number of nitrogens with zero attached hydrogens (tertiary/aromatic N) is 1. The minimum atomic E-state index is -3.75. The van der Waals surface area contributed by atoms with E-state index in [1.54, 1.807) is 32.2 Å². The highest BCUT2D eigenvalue weighted by Gasteiger charge is 2.33. The molecule has 5 nitrogen and oxygen atoms in total. The molecular formula is C18H21ClN2O3S. The fourth-order valence-electron chi connectivity index (χ4n) is 2.97. The van der Waals surface area contributed by atoms with Crippen molar-refractivity contribution in [3.63, 3.8) is 0 Å². The zero-order chi connectivity index (χ0) is 18.2. The molecule has 7 heteroatoms. The van der Waals surface area contributed by atoms with E-state index in [1.807, 2.05) is 13.0 Å². The smallest absolute Gasteiger partial charge is 0.263 e. The summed E-state index contributed by atoms with van der Waals surface area (Å²) in [5.74, 6) is 0.813. The minimum Gasteiger partial charge on any atom is -0.376 e. The molecule has 0 aliphatic heterocycles. The molecule has 1 N–H and O–H groups in total.